The van der Waals surface area contributed by atoms with Crippen molar-refractivity contribution in [3.8, 4) is 0 Å². The SMILES string of the molecule is CCNC1CCCCc2cn(Cc3nnc(CC)o3)cc21. The molecule has 1 unspecified atom stereocenters. The summed E-state index contributed by atoms with van der Waals surface area (Å²) in [6.07, 6.45) is 10.3. The second-order valence-corrected chi connectivity index (χ2v) is 5.71. The molecule has 5 nitrogen and oxygen atoms in total. The lowest BCUT2D eigenvalue weighted by Crippen LogP contribution is -2.20. The molecule has 0 bridgehead atoms. The predicted octanol–water partition coefficient (Wildman–Crippen LogP) is 2.86. The summed E-state index contributed by atoms with van der Waals surface area (Å²) in [6, 6.07) is 0.489. The first-order valence-electron chi connectivity index (χ1n) is 8.03. The molecule has 0 saturated carbocycles. The van der Waals surface area contributed by atoms with Crippen molar-refractivity contribution in [1.82, 2.24) is 20.1 Å². The van der Waals surface area contributed by atoms with Crippen molar-refractivity contribution < 1.29 is 4.42 Å². The topological polar surface area (TPSA) is 55.9 Å². The molecule has 21 heavy (non-hydrogen) atoms. The van der Waals surface area contributed by atoms with Crippen molar-refractivity contribution in [3.63, 3.8) is 0 Å². The van der Waals surface area contributed by atoms with E-state index in [9.17, 15) is 0 Å². The van der Waals surface area contributed by atoms with Crippen LogP contribution in [0, 0.1) is 0 Å². The van der Waals surface area contributed by atoms with E-state index in [1.807, 2.05) is 6.92 Å². The first-order chi connectivity index (χ1) is 10.3. The van der Waals surface area contributed by atoms with Crippen LogP contribution in [-0.2, 0) is 19.4 Å². The van der Waals surface area contributed by atoms with Crippen LogP contribution in [0.2, 0.25) is 0 Å². The summed E-state index contributed by atoms with van der Waals surface area (Å²) in [6.45, 7) is 5.88. The zero-order chi connectivity index (χ0) is 14.7. The third kappa shape index (κ3) is 3.18. The summed E-state index contributed by atoms with van der Waals surface area (Å²) in [5.41, 5.74) is 2.92. The number of rotatable bonds is 5. The number of hydrogen-bond acceptors (Lipinski definition) is 4. The summed E-state index contributed by atoms with van der Waals surface area (Å²) in [5.74, 6) is 1.40. The van der Waals surface area contributed by atoms with Gasteiger partial charge in [0.1, 0.15) is 6.54 Å². The molecule has 0 radical (unpaired) electrons. The Morgan fingerprint density at radius 1 is 1.24 bits per heavy atom. The van der Waals surface area contributed by atoms with Gasteiger partial charge in [0, 0.05) is 24.9 Å². The molecule has 0 spiro atoms. The van der Waals surface area contributed by atoms with Crippen LogP contribution in [0.25, 0.3) is 0 Å². The van der Waals surface area contributed by atoms with Gasteiger partial charge >= 0.3 is 0 Å². The van der Waals surface area contributed by atoms with Gasteiger partial charge in [-0.15, -0.1) is 10.2 Å². The molecule has 1 atom stereocenters. The third-order valence-electron chi connectivity index (χ3n) is 4.14. The zero-order valence-electron chi connectivity index (χ0n) is 12.9. The van der Waals surface area contributed by atoms with E-state index < -0.39 is 0 Å². The van der Waals surface area contributed by atoms with E-state index in [4.69, 9.17) is 4.42 Å². The first kappa shape index (κ1) is 14.3. The highest BCUT2D eigenvalue weighted by Crippen LogP contribution is 2.29. The van der Waals surface area contributed by atoms with Crippen molar-refractivity contribution in [2.45, 2.75) is 58.5 Å². The highest BCUT2D eigenvalue weighted by molar-refractivity contribution is 5.29. The molecule has 0 aliphatic heterocycles. The van der Waals surface area contributed by atoms with Crippen LogP contribution in [0.4, 0.5) is 0 Å². The highest BCUT2D eigenvalue weighted by Gasteiger charge is 2.20. The van der Waals surface area contributed by atoms with Crippen LogP contribution in [0.1, 0.15) is 62.1 Å². The maximum Gasteiger partial charge on any atom is 0.236 e. The average molecular weight is 288 g/mol. The van der Waals surface area contributed by atoms with Crippen molar-refractivity contribution in [1.29, 1.82) is 0 Å². The summed E-state index contributed by atoms with van der Waals surface area (Å²) < 4.78 is 7.80. The van der Waals surface area contributed by atoms with Gasteiger partial charge in [0.15, 0.2) is 0 Å². The van der Waals surface area contributed by atoms with E-state index in [1.165, 1.54) is 36.8 Å². The lowest BCUT2D eigenvalue weighted by atomic mass is 10.0. The molecule has 5 heteroatoms. The van der Waals surface area contributed by atoms with E-state index in [2.05, 4.69) is 39.4 Å². The van der Waals surface area contributed by atoms with Crippen molar-refractivity contribution in [3.05, 3.63) is 35.3 Å². The molecule has 0 fully saturated rings. The van der Waals surface area contributed by atoms with E-state index >= 15 is 0 Å². The lowest BCUT2D eigenvalue weighted by Gasteiger charge is -2.15. The van der Waals surface area contributed by atoms with Gasteiger partial charge in [-0.25, -0.2) is 0 Å². The first-order valence-corrected chi connectivity index (χ1v) is 8.03. The highest BCUT2D eigenvalue weighted by atomic mass is 16.4. The number of nitrogens with zero attached hydrogens (tertiary/aromatic N) is 3. The van der Waals surface area contributed by atoms with Gasteiger partial charge in [-0.05, 0) is 36.9 Å². The van der Waals surface area contributed by atoms with Crippen LogP contribution in [-0.4, -0.2) is 21.3 Å². The molecule has 0 amide bonds. The van der Waals surface area contributed by atoms with Crippen LogP contribution in [0.15, 0.2) is 16.8 Å². The average Bonchev–Trinajstić information content (AvgIpc) is 3.05. The number of aryl methyl sites for hydroxylation is 2. The molecular weight excluding hydrogens is 264 g/mol. The van der Waals surface area contributed by atoms with Gasteiger partial charge in [-0.3, -0.25) is 0 Å². The van der Waals surface area contributed by atoms with Crippen molar-refractivity contribution in [2.24, 2.45) is 0 Å². The summed E-state index contributed by atoms with van der Waals surface area (Å²) in [7, 11) is 0. The molecule has 1 aliphatic rings. The Balaban J connectivity index is 1.80. The molecule has 1 N–H and O–H groups in total. The van der Waals surface area contributed by atoms with Crippen LogP contribution >= 0.6 is 0 Å². The van der Waals surface area contributed by atoms with Gasteiger partial charge in [0.2, 0.25) is 11.8 Å². The second-order valence-electron chi connectivity index (χ2n) is 5.71. The largest absolute Gasteiger partial charge is 0.423 e. The van der Waals surface area contributed by atoms with Crippen molar-refractivity contribution in [2.75, 3.05) is 6.54 Å². The Morgan fingerprint density at radius 2 is 2.10 bits per heavy atom. The number of fused-ring (bicyclic) bond motifs is 1. The Morgan fingerprint density at radius 3 is 2.86 bits per heavy atom. The van der Waals surface area contributed by atoms with Gasteiger partial charge in [-0.1, -0.05) is 20.3 Å². The summed E-state index contributed by atoms with van der Waals surface area (Å²) in [4.78, 5) is 0. The quantitative estimate of drug-likeness (QED) is 0.860. The maximum absolute atomic E-state index is 5.61. The van der Waals surface area contributed by atoms with Gasteiger partial charge < -0.3 is 14.3 Å². The monoisotopic (exact) mass is 288 g/mol. The molecular formula is C16H24N4O. The smallest absolute Gasteiger partial charge is 0.236 e. The normalized spacial score (nSPS) is 18.5. The minimum absolute atomic E-state index is 0.489. The molecule has 0 aromatic carbocycles. The molecule has 1 aliphatic carbocycles. The lowest BCUT2D eigenvalue weighted by molar-refractivity contribution is 0.441. The predicted molar refractivity (Wildman–Crippen MR) is 81.2 cm³/mol. The molecule has 0 saturated heterocycles. The Bertz CT molecular complexity index is 587. The van der Waals surface area contributed by atoms with Crippen molar-refractivity contribution >= 4 is 0 Å². The fourth-order valence-corrected chi connectivity index (χ4v) is 3.12. The molecule has 2 heterocycles. The van der Waals surface area contributed by atoms with E-state index in [1.54, 1.807) is 0 Å². The fraction of sp³-hybridized carbons (Fsp3) is 0.625. The van der Waals surface area contributed by atoms with Gasteiger partial charge in [0.25, 0.3) is 0 Å². The molecule has 2 aromatic heterocycles. The molecule has 3 rings (SSSR count). The zero-order valence-corrected chi connectivity index (χ0v) is 12.9. The second kappa shape index (κ2) is 6.43. The van der Waals surface area contributed by atoms with Crippen LogP contribution in [0.3, 0.4) is 0 Å². The standard InChI is InChI=1S/C16H24N4O/c1-3-15-18-19-16(21-15)11-20-9-12-7-5-6-8-14(17-4-2)13(12)10-20/h9-10,14,17H,3-8,11H2,1-2H3. The minimum Gasteiger partial charge on any atom is -0.423 e. The van der Waals surface area contributed by atoms with Gasteiger partial charge in [0.05, 0.1) is 0 Å². The third-order valence-corrected chi connectivity index (χ3v) is 4.14. The minimum atomic E-state index is 0.489. The number of aromatic nitrogens is 3. The van der Waals surface area contributed by atoms with Crippen LogP contribution < -0.4 is 5.32 Å². The fourth-order valence-electron chi connectivity index (χ4n) is 3.12. The maximum atomic E-state index is 5.61. The van der Waals surface area contributed by atoms with E-state index in [-0.39, 0.29) is 0 Å². The molecule has 2 aromatic rings. The Labute approximate surface area is 125 Å². The van der Waals surface area contributed by atoms with Crippen LogP contribution in [0.5, 0.6) is 0 Å². The van der Waals surface area contributed by atoms with Gasteiger partial charge in [-0.2, -0.15) is 0 Å². The Hall–Kier alpha value is -1.62. The number of nitrogens with one attached hydrogen (secondary N) is 1. The van der Waals surface area contributed by atoms with E-state index in [0.29, 0.717) is 24.4 Å². The van der Waals surface area contributed by atoms with E-state index in [0.717, 1.165) is 13.0 Å². The molecule has 114 valence electrons. The summed E-state index contributed by atoms with van der Waals surface area (Å²) in [5, 5.41) is 11.7. The summed E-state index contributed by atoms with van der Waals surface area (Å²) >= 11 is 0. The number of hydrogen-bond donors (Lipinski definition) is 1. The Kier molecular flexibility index (Phi) is 4.39.